The molecule has 1 fully saturated rings. The zero-order valence-electron chi connectivity index (χ0n) is 8.62. The van der Waals surface area contributed by atoms with E-state index in [1.165, 1.54) is 7.11 Å². The van der Waals surface area contributed by atoms with Crippen LogP contribution in [0.5, 0.6) is 0 Å². The van der Waals surface area contributed by atoms with Gasteiger partial charge < -0.3 is 9.64 Å². The Labute approximate surface area is 96.4 Å². The summed E-state index contributed by atoms with van der Waals surface area (Å²) in [5.41, 5.74) is 0.386. The number of hydrogen-bond acceptors (Lipinski definition) is 3. The summed E-state index contributed by atoms with van der Waals surface area (Å²) in [5.74, 6) is -0.329. The highest BCUT2D eigenvalue weighted by atomic mass is 79.9. The van der Waals surface area contributed by atoms with Gasteiger partial charge in [-0.05, 0) is 6.42 Å². The molecule has 2 heterocycles. The predicted molar refractivity (Wildman–Crippen MR) is 57.0 cm³/mol. The van der Waals surface area contributed by atoms with Crippen LogP contribution in [0.15, 0.2) is 10.2 Å². The molecule has 0 bridgehead atoms. The molecular formula is C10H12BrNO3. The molecule has 5 heteroatoms. The molecule has 2 aliphatic heterocycles. The molecule has 1 amide bonds. The minimum absolute atomic E-state index is 0.0392. The van der Waals surface area contributed by atoms with Crippen LogP contribution in [-0.2, 0) is 14.3 Å². The van der Waals surface area contributed by atoms with Crippen molar-refractivity contribution >= 4 is 27.8 Å². The fraction of sp³-hybridized carbons (Fsp3) is 0.600. The molecule has 15 heavy (non-hydrogen) atoms. The summed E-state index contributed by atoms with van der Waals surface area (Å²) in [7, 11) is 1.32. The lowest BCUT2D eigenvalue weighted by Gasteiger charge is -2.43. The van der Waals surface area contributed by atoms with Crippen molar-refractivity contribution in [3.05, 3.63) is 10.2 Å². The van der Waals surface area contributed by atoms with Gasteiger partial charge in [0.2, 0.25) is 5.91 Å². The van der Waals surface area contributed by atoms with Crippen LogP contribution in [0.4, 0.5) is 0 Å². The number of fused-ring (bicyclic) bond motifs is 1. The van der Waals surface area contributed by atoms with Crippen molar-refractivity contribution in [2.75, 3.05) is 7.11 Å². The second-order valence-corrected chi connectivity index (χ2v) is 4.70. The van der Waals surface area contributed by atoms with E-state index in [1.54, 1.807) is 4.90 Å². The average Bonchev–Trinajstić information content (AvgIpc) is 2.52. The van der Waals surface area contributed by atoms with E-state index in [2.05, 4.69) is 20.7 Å². The van der Waals surface area contributed by atoms with Gasteiger partial charge >= 0.3 is 5.97 Å². The number of rotatable bonds is 2. The van der Waals surface area contributed by atoms with E-state index in [1.807, 2.05) is 6.92 Å². The van der Waals surface area contributed by atoms with Gasteiger partial charge in [-0.1, -0.05) is 22.9 Å². The van der Waals surface area contributed by atoms with Crippen LogP contribution in [-0.4, -0.2) is 29.9 Å². The number of β-lactam (4-membered cyclic amide) rings is 1. The molecule has 0 aliphatic carbocycles. The molecule has 0 aromatic heterocycles. The van der Waals surface area contributed by atoms with E-state index in [-0.39, 0.29) is 17.9 Å². The highest BCUT2D eigenvalue weighted by Crippen LogP contribution is 2.45. The smallest absolute Gasteiger partial charge is 0.355 e. The Morgan fingerprint density at radius 2 is 2.33 bits per heavy atom. The van der Waals surface area contributed by atoms with Crippen molar-refractivity contribution in [1.29, 1.82) is 0 Å². The maximum absolute atomic E-state index is 11.7. The number of hydrogen-bond donors (Lipinski definition) is 0. The van der Waals surface area contributed by atoms with E-state index in [9.17, 15) is 9.59 Å². The minimum atomic E-state index is -0.438. The molecule has 0 saturated carbocycles. The van der Waals surface area contributed by atoms with Crippen molar-refractivity contribution in [3.63, 3.8) is 0 Å². The minimum Gasteiger partial charge on any atom is -0.464 e. The summed E-state index contributed by atoms with van der Waals surface area (Å²) in [6.45, 7) is 1.99. The molecule has 0 aromatic carbocycles. The van der Waals surface area contributed by atoms with Crippen LogP contribution in [0, 0.1) is 5.92 Å². The number of nitrogens with zero attached hydrogens (tertiary/aromatic N) is 1. The Hall–Kier alpha value is -0.840. The summed E-state index contributed by atoms with van der Waals surface area (Å²) in [5, 5.41) is 0. The van der Waals surface area contributed by atoms with Crippen molar-refractivity contribution in [2.45, 2.75) is 25.8 Å². The number of carbonyl (C=O) groups is 2. The summed E-state index contributed by atoms with van der Waals surface area (Å²) in [6.07, 6.45) is 1.56. The van der Waals surface area contributed by atoms with Crippen molar-refractivity contribution < 1.29 is 14.3 Å². The van der Waals surface area contributed by atoms with E-state index in [0.717, 1.165) is 17.3 Å². The van der Waals surface area contributed by atoms with Gasteiger partial charge in [0.1, 0.15) is 5.70 Å². The first kappa shape index (κ1) is 10.7. The van der Waals surface area contributed by atoms with Gasteiger partial charge in [-0.25, -0.2) is 4.79 Å². The SMILES string of the molecule is CCC1C(=O)N2C(C(=O)OC)=C(Br)CC12. The van der Waals surface area contributed by atoms with Crippen LogP contribution in [0.3, 0.4) is 0 Å². The summed E-state index contributed by atoms with van der Waals surface area (Å²) in [4.78, 5) is 24.7. The average molecular weight is 274 g/mol. The van der Waals surface area contributed by atoms with Gasteiger partial charge in [-0.15, -0.1) is 0 Å². The molecule has 2 aliphatic rings. The van der Waals surface area contributed by atoms with Gasteiger partial charge in [0.25, 0.3) is 0 Å². The lowest BCUT2D eigenvalue weighted by atomic mass is 9.85. The van der Waals surface area contributed by atoms with Crippen LogP contribution in [0.25, 0.3) is 0 Å². The Kier molecular flexibility index (Phi) is 2.58. The van der Waals surface area contributed by atoms with E-state index in [0.29, 0.717) is 5.70 Å². The molecule has 0 aromatic rings. The quantitative estimate of drug-likeness (QED) is 0.565. The predicted octanol–water partition coefficient (Wildman–Crippen LogP) is 1.41. The molecule has 1 saturated heterocycles. The largest absolute Gasteiger partial charge is 0.464 e. The molecule has 2 atom stereocenters. The van der Waals surface area contributed by atoms with Gasteiger partial charge in [0.05, 0.1) is 19.1 Å². The van der Waals surface area contributed by atoms with Crippen LogP contribution >= 0.6 is 15.9 Å². The Bertz CT molecular complexity index is 364. The molecule has 4 nitrogen and oxygen atoms in total. The molecular weight excluding hydrogens is 262 g/mol. The van der Waals surface area contributed by atoms with Crippen LogP contribution in [0.2, 0.25) is 0 Å². The number of methoxy groups -OCH3 is 1. The highest BCUT2D eigenvalue weighted by Gasteiger charge is 2.53. The molecule has 0 radical (unpaired) electrons. The second-order valence-electron chi connectivity index (χ2n) is 3.74. The highest BCUT2D eigenvalue weighted by molar-refractivity contribution is 9.11. The standard InChI is InChI=1S/C10H12BrNO3/c1-3-5-7-4-6(11)8(10(14)15-2)12(7)9(5)13/h5,7H,3-4H2,1-2H3. The summed E-state index contributed by atoms with van der Waals surface area (Å²) in [6, 6.07) is 0.158. The molecule has 0 spiro atoms. The third kappa shape index (κ3) is 1.33. The lowest BCUT2D eigenvalue weighted by molar-refractivity contribution is -0.155. The number of carbonyl (C=O) groups excluding carboxylic acids is 2. The second kappa shape index (κ2) is 3.63. The van der Waals surface area contributed by atoms with Crippen LogP contribution < -0.4 is 0 Å². The number of halogens is 1. The van der Waals surface area contributed by atoms with Gasteiger partial charge in [-0.2, -0.15) is 0 Å². The third-order valence-electron chi connectivity index (χ3n) is 3.06. The monoisotopic (exact) mass is 273 g/mol. The first-order chi connectivity index (χ1) is 7.11. The van der Waals surface area contributed by atoms with E-state index in [4.69, 9.17) is 0 Å². The lowest BCUT2D eigenvalue weighted by Crippen LogP contribution is -2.58. The van der Waals surface area contributed by atoms with Crippen molar-refractivity contribution in [1.82, 2.24) is 4.90 Å². The fourth-order valence-electron chi connectivity index (χ4n) is 2.28. The first-order valence-corrected chi connectivity index (χ1v) is 5.71. The molecule has 0 N–H and O–H groups in total. The third-order valence-corrected chi connectivity index (χ3v) is 3.75. The summed E-state index contributed by atoms with van der Waals surface area (Å²) >= 11 is 3.34. The maximum Gasteiger partial charge on any atom is 0.355 e. The Balaban J connectivity index is 2.25. The normalized spacial score (nSPS) is 29.0. The molecule has 82 valence electrons. The molecule has 2 rings (SSSR count). The molecule has 2 unspecified atom stereocenters. The topological polar surface area (TPSA) is 46.6 Å². The van der Waals surface area contributed by atoms with Crippen molar-refractivity contribution in [2.24, 2.45) is 5.92 Å². The van der Waals surface area contributed by atoms with Crippen molar-refractivity contribution in [3.8, 4) is 0 Å². The van der Waals surface area contributed by atoms with Gasteiger partial charge in [-0.3, -0.25) is 4.79 Å². The number of amides is 1. The first-order valence-electron chi connectivity index (χ1n) is 4.91. The fourth-order valence-corrected chi connectivity index (χ4v) is 2.96. The van der Waals surface area contributed by atoms with Gasteiger partial charge in [0.15, 0.2) is 0 Å². The van der Waals surface area contributed by atoms with Gasteiger partial charge in [0, 0.05) is 10.9 Å². The zero-order chi connectivity index (χ0) is 11.2. The van der Waals surface area contributed by atoms with E-state index >= 15 is 0 Å². The maximum atomic E-state index is 11.7. The number of esters is 1. The number of ether oxygens (including phenoxy) is 1. The summed E-state index contributed by atoms with van der Waals surface area (Å²) < 4.78 is 5.43. The van der Waals surface area contributed by atoms with Crippen LogP contribution in [0.1, 0.15) is 19.8 Å². The zero-order valence-corrected chi connectivity index (χ0v) is 10.2. The Morgan fingerprint density at radius 3 is 2.87 bits per heavy atom. The van der Waals surface area contributed by atoms with E-state index < -0.39 is 5.97 Å². The Morgan fingerprint density at radius 1 is 1.67 bits per heavy atom.